The minimum absolute atomic E-state index is 0. The van der Waals surface area contributed by atoms with Crippen molar-refractivity contribution in [2.24, 2.45) is 0 Å². The molecule has 1 aliphatic carbocycles. The first kappa shape index (κ1) is 61.4. The molecule has 0 unspecified atom stereocenters. The smallest absolute Gasteiger partial charge is 1.00 e. The van der Waals surface area contributed by atoms with Crippen molar-refractivity contribution < 1.29 is 174 Å². The molecule has 0 aromatic heterocycles. The van der Waals surface area contributed by atoms with E-state index in [2.05, 4.69) is 31.9 Å². The van der Waals surface area contributed by atoms with Crippen LogP contribution < -0.4 is 82.6 Å². The number of ether oxygens (including phenoxy) is 2. The first-order valence-corrected chi connectivity index (χ1v) is 25.7. The summed E-state index contributed by atoms with van der Waals surface area (Å²) in [7, 11) is 0. The number of benzene rings is 6. The summed E-state index contributed by atoms with van der Waals surface area (Å²) in [5, 5.41) is 83.7. The molecule has 5 aromatic rings. The first-order valence-electron chi connectivity index (χ1n) is 21.3. The number of hydrogen-bond donors (Lipinski definition) is 6. The molecule has 1 spiro atoms. The van der Waals surface area contributed by atoms with E-state index < -0.39 is 67.6 Å². The van der Waals surface area contributed by atoms with Gasteiger partial charge in [0.15, 0.2) is 5.60 Å². The fraction of sp³-hybridized carbons (Fsp3) is 0.140. The van der Waals surface area contributed by atoms with Gasteiger partial charge in [-0.05, 0) is 18.2 Å². The molecule has 0 saturated heterocycles. The number of phenolic OH excluding ortho intramolecular Hbond substituents is 2. The Bertz CT molecular complexity index is 3410. The van der Waals surface area contributed by atoms with Crippen molar-refractivity contribution in [3.8, 4) is 51.2 Å². The Morgan fingerprint density at radius 1 is 0.645 bits per heavy atom. The number of phenols is 2. The monoisotopic (exact) mass is 1370 g/mol. The Morgan fingerprint density at radius 3 is 1.63 bits per heavy atom. The Kier molecular flexibility index (Phi) is 20.2. The molecule has 8 N–H and O–H groups in total. The molecule has 0 fully saturated rings. The normalized spacial score (nSPS) is 12.4. The van der Waals surface area contributed by atoms with E-state index in [0.29, 0.717) is 45.2 Å². The number of fused-ring (bicyclic) bond motifs is 8. The average Bonchev–Trinajstić information content (AvgIpc) is 3.60. The number of aromatic hydroxyl groups is 2. The van der Waals surface area contributed by atoms with Gasteiger partial charge in [0.25, 0.3) is 0 Å². The Hall–Kier alpha value is -5.41. The molecule has 0 atom stereocenters. The topological polar surface area (TPSA) is 357 Å². The van der Waals surface area contributed by atoms with Gasteiger partial charge >= 0.3 is 282 Å². The van der Waals surface area contributed by atoms with E-state index in [4.69, 9.17) is 13.9 Å². The summed E-state index contributed by atoms with van der Waals surface area (Å²) in [6, 6.07) is 22.7. The zero-order valence-electron chi connectivity index (χ0n) is 39.8. The fourth-order valence-corrected chi connectivity index (χ4v) is 12.5. The molecular weight excluding hydrogens is 1340 g/mol. The second kappa shape index (κ2) is 24.9. The van der Waals surface area contributed by atoms with Crippen molar-refractivity contribution in [3.05, 3.63) is 149 Å². The van der Waals surface area contributed by atoms with Gasteiger partial charge in [0, 0.05) is 53.0 Å². The average molecular weight is 1370 g/mol. The van der Waals surface area contributed by atoms with Gasteiger partial charge in [-0.25, -0.2) is 4.79 Å². The molecule has 21 nitrogen and oxygen atoms in total. The number of halogens is 2. The van der Waals surface area contributed by atoms with Crippen molar-refractivity contribution >= 4 is 81.7 Å². The molecule has 377 valence electrons. The molecule has 9 rings (SSSR count). The van der Waals surface area contributed by atoms with Gasteiger partial charge in [0.05, 0.1) is 31.7 Å². The Balaban J connectivity index is 0.000000297. The van der Waals surface area contributed by atoms with Crippen LogP contribution in [-0.4, -0.2) is 108 Å². The summed E-state index contributed by atoms with van der Waals surface area (Å²) in [4.78, 5) is 84.9. The van der Waals surface area contributed by atoms with Gasteiger partial charge in [-0.1, -0.05) is 18.2 Å². The van der Waals surface area contributed by atoms with Gasteiger partial charge in [-0.3, -0.25) is 29.0 Å². The molecule has 3 heterocycles. The zero-order valence-corrected chi connectivity index (χ0v) is 52.5. The van der Waals surface area contributed by atoms with Gasteiger partial charge in [-0.15, -0.1) is 0 Å². The maximum Gasteiger partial charge on any atom is 1.00 e. The van der Waals surface area contributed by atoms with Crippen LogP contribution in [-0.2, 0) is 68.7 Å². The summed E-state index contributed by atoms with van der Waals surface area (Å²) in [5.74, 6) is -7.80. The van der Waals surface area contributed by atoms with Gasteiger partial charge in [-0.2, -0.15) is 0 Å². The second-order valence-electron chi connectivity index (χ2n) is 16.7. The predicted octanol–water partition coefficient (Wildman–Crippen LogP) is -2.51. The molecule has 4 aliphatic rings. The number of carbonyl (C=O) groups excluding carboxylic acids is 2. The van der Waals surface area contributed by atoms with Crippen LogP contribution in [0.25, 0.3) is 33.4 Å². The van der Waals surface area contributed by atoms with Crippen molar-refractivity contribution in [1.82, 2.24) is 9.80 Å². The Morgan fingerprint density at radius 2 is 1.13 bits per heavy atom. The van der Waals surface area contributed by atoms with Crippen LogP contribution in [0.2, 0.25) is 0 Å². The molecule has 0 bridgehead atoms. The molecule has 0 amide bonds. The zero-order chi connectivity index (χ0) is 52.8. The number of aromatic carboxylic acids is 1. The largest absolute Gasteiger partial charge is 1.00 e. The SMILES string of the molecule is O.O=C(O)CN(CC(=O)O)Cc1cc2c(cc1O)Oc1cc(O)c(CN(CC(=O)O)CC(=O)O)cc1C21OC(=O)c2ccccc21.O=C([O-])c1ccccc1-c1c2cc(Br)c(=O)cc-2oc2[c]([Hg])c([O-])c(Br)cc12.[Na+].[Na+]. The van der Waals surface area contributed by atoms with Crippen molar-refractivity contribution in [3.63, 3.8) is 0 Å². The van der Waals surface area contributed by atoms with Crippen LogP contribution in [0.1, 0.15) is 48.5 Å². The maximum absolute atomic E-state index is 13.3. The number of hydrogen-bond acceptors (Lipinski definition) is 16. The van der Waals surface area contributed by atoms with E-state index in [9.17, 15) is 74.4 Å². The van der Waals surface area contributed by atoms with Crippen LogP contribution in [0.5, 0.6) is 28.7 Å². The summed E-state index contributed by atoms with van der Waals surface area (Å²) in [6.45, 7) is -3.27. The van der Waals surface area contributed by atoms with Gasteiger partial charge < -0.3 is 45.6 Å². The molecule has 0 saturated carbocycles. The number of aliphatic carboxylic acids is 4. The van der Waals surface area contributed by atoms with Crippen LogP contribution >= 0.6 is 31.9 Å². The van der Waals surface area contributed by atoms with Crippen molar-refractivity contribution in [2.75, 3.05) is 26.2 Å². The number of carboxylic acids is 5. The standard InChI is InChI=1S/C30H26N2O13.C20H9Br2O5.Hg.2Na.H2O/c33-21-7-23-19(5-15(21)9-31(11-25(35)36)12-26(37)38)30(18-4-2-1-3-17(18)29(43)45-30)20-6-16(22(34)8-24(20)44-23)10-32(13-27(39)40)14-28(41)42;21-13-5-11-17(7-15(13)23)27-18-8-16(24)14(22)6-12(18)19(11)9-3-1-2-4-10(9)20(25)26;;;;/h1-8,33-34H,9-14H2,(H,35,36)(H,37,38)(H,39,40)(H,41,42);1-7,24H,(H,25,26);;;;1H2/q;;;2*+1;/p-2. The second-order valence-corrected chi connectivity index (χ2v) is 21.1. The van der Waals surface area contributed by atoms with Crippen LogP contribution in [0.15, 0.2) is 109 Å². The number of rotatable bonds is 14. The van der Waals surface area contributed by atoms with Gasteiger partial charge in [0.2, 0.25) is 0 Å². The van der Waals surface area contributed by atoms with E-state index in [1.807, 2.05) is 0 Å². The summed E-state index contributed by atoms with van der Waals surface area (Å²) in [6.07, 6.45) is 0. The summed E-state index contributed by atoms with van der Waals surface area (Å²) in [5.41, 5.74) is 1.05. The van der Waals surface area contributed by atoms with E-state index in [1.165, 1.54) is 42.5 Å². The van der Waals surface area contributed by atoms with E-state index in [0.717, 1.165) is 9.80 Å². The molecular formula is C50H35Br2HgN2Na2O19. The first-order chi connectivity index (χ1) is 34.6. The Labute approximate surface area is 505 Å². The molecule has 26 heteroatoms. The number of carbonyl (C=O) groups is 6. The van der Waals surface area contributed by atoms with E-state index >= 15 is 0 Å². The molecule has 5 aromatic carbocycles. The quantitative estimate of drug-likeness (QED) is 0.0372. The molecule has 76 heavy (non-hydrogen) atoms. The van der Waals surface area contributed by atoms with E-state index in [1.54, 1.807) is 48.5 Å². The number of nitrogens with zero attached hydrogens (tertiary/aromatic N) is 2. The van der Waals surface area contributed by atoms with Crippen LogP contribution in [0.3, 0.4) is 0 Å². The summed E-state index contributed by atoms with van der Waals surface area (Å²) < 4.78 is 19.3. The number of esters is 1. The third-order valence-electron chi connectivity index (χ3n) is 11.8. The molecule has 0 radical (unpaired) electrons. The third kappa shape index (κ3) is 12.3. The van der Waals surface area contributed by atoms with Gasteiger partial charge in [0.1, 0.15) is 23.0 Å². The predicted molar refractivity (Wildman–Crippen MR) is 256 cm³/mol. The maximum atomic E-state index is 13.3. The minimum atomic E-state index is -1.75. The number of carboxylic acid groups (broad SMARTS) is 5. The van der Waals surface area contributed by atoms with E-state index in [-0.39, 0.29) is 177 Å². The van der Waals surface area contributed by atoms with Crippen molar-refractivity contribution in [2.45, 2.75) is 18.7 Å². The van der Waals surface area contributed by atoms with Crippen molar-refractivity contribution in [1.29, 1.82) is 0 Å². The minimum Gasteiger partial charge on any atom is 1.00 e. The third-order valence-corrected chi connectivity index (χ3v) is 15.5. The van der Waals surface area contributed by atoms with Crippen LogP contribution in [0.4, 0.5) is 0 Å². The molecule has 3 aliphatic heterocycles. The summed E-state index contributed by atoms with van der Waals surface area (Å²) >= 11 is 6.47. The van der Waals surface area contributed by atoms with Crippen LogP contribution in [0, 0.1) is 0 Å². The fourth-order valence-electron chi connectivity index (χ4n) is 8.87.